The maximum atomic E-state index is 13.6. The van der Waals surface area contributed by atoms with Gasteiger partial charge in [-0.3, -0.25) is 14.5 Å². The number of aromatic nitrogens is 3. The molecule has 0 aliphatic carbocycles. The van der Waals surface area contributed by atoms with Gasteiger partial charge in [0.15, 0.2) is 10.6 Å². The average Bonchev–Trinajstić information content (AvgIpc) is 2.94. The van der Waals surface area contributed by atoms with Crippen LogP contribution in [0.4, 0.5) is 4.39 Å². The van der Waals surface area contributed by atoms with Crippen molar-refractivity contribution in [2.24, 2.45) is 0 Å². The molecule has 24 heavy (non-hydrogen) atoms. The second-order valence-electron chi connectivity index (χ2n) is 4.92. The van der Waals surface area contributed by atoms with Gasteiger partial charge in [0.25, 0.3) is 5.91 Å². The lowest BCUT2D eigenvalue weighted by Gasteiger charge is -2.09. The Labute approximate surface area is 147 Å². The third kappa shape index (κ3) is 3.37. The molecular formula is C16H12ClFN4OS. The summed E-state index contributed by atoms with van der Waals surface area (Å²) in [5.41, 5.74) is 0.692. The van der Waals surface area contributed by atoms with E-state index in [0.29, 0.717) is 15.6 Å². The number of aromatic amines is 1. The van der Waals surface area contributed by atoms with Gasteiger partial charge in [-0.25, -0.2) is 4.39 Å². The standard InChI is InChI=1S/C16H12ClFN4OS/c17-10-4-3-5-11(8-10)22-14(20-21-16(22)24)9-19-15(23)12-6-1-2-7-13(12)18/h1-8H,9H2,(H,19,23)(H,21,24). The maximum absolute atomic E-state index is 13.6. The molecule has 2 N–H and O–H groups in total. The van der Waals surface area contributed by atoms with Gasteiger partial charge in [0.05, 0.1) is 17.8 Å². The van der Waals surface area contributed by atoms with Gasteiger partial charge in [-0.1, -0.05) is 29.8 Å². The number of H-pyrrole nitrogens is 1. The summed E-state index contributed by atoms with van der Waals surface area (Å²) in [7, 11) is 0. The average molecular weight is 363 g/mol. The van der Waals surface area contributed by atoms with E-state index in [1.165, 1.54) is 18.2 Å². The van der Waals surface area contributed by atoms with Crippen molar-refractivity contribution in [2.45, 2.75) is 6.54 Å². The van der Waals surface area contributed by atoms with E-state index < -0.39 is 11.7 Å². The van der Waals surface area contributed by atoms with E-state index in [-0.39, 0.29) is 12.1 Å². The first-order valence-corrected chi connectivity index (χ1v) is 7.80. The minimum atomic E-state index is -0.580. The highest BCUT2D eigenvalue weighted by atomic mass is 35.5. The number of halogens is 2. The molecule has 0 bridgehead atoms. The van der Waals surface area contributed by atoms with Gasteiger partial charge in [-0.15, -0.1) is 0 Å². The van der Waals surface area contributed by atoms with E-state index in [9.17, 15) is 9.18 Å². The fraction of sp³-hybridized carbons (Fsp3) is 0.0625. The zero-order valence-electron chi connectivity index (χ0n) is 12.3. The molecule has 0 atom stereocenters. The van der Waals surface area contributed by atoms with Crippen LogP contribution in [0.15, 0.2) is 48.5 Å². The molecule has 122 valence electrons. The van der Waals surface area contributed by atoms with Crippen LogP contribution in [0.1, 0.15) is 16.2 Å². The summed E-state index contributed by atoms with van der Waals surface area (Å²) in [5, 5.41) is 9.97. The van der Waals surface area contributed by atoms with Gasteiger partial charge >= 0.3 is 0 Å². The van der Waals surface area contributed by atoms with Crippen LogP contribution in [0.5, 0.6) is 0 Å². The largest absolute Gasteiger partial charge is 0.345 e. The van der Waals surface area contributed by atoms with Crippen LogP contribution >= 0.6 is 23.8 Å². The number of hydrogen-bond donors (Lipinski definition) is 2. The molecule has 0 radical (unpaired) electrons. The summed E-state index contributed by atoms with van der Waals surface area (Å²) < 4.78 is 15.7. The van der Waals surface area contributed by atoms with E-state index >= 15 is 0 Å². The molecule has 0 fully saturated rings. The molecule has 1 heterocycles. The lowest BCUT2D eigenvalue weighted by Crippen LogP contribution is -2.25. The molecular weight excluding hydrogens is 351 g/mol. The smallest absolute Gasteiger partial charge is 0.254 e. The second kappa shape index (κ2) is 6.94. The van der Waals surface area contributed by atoms with Crippen molar-refractivity contribution in [3.8, 4) is 5.69 Å². The molecule has 8 heteroatoms. The number of carbonyl (C=O) groups is 1. The molecule has 0 spiro atoms. The predicted octanol–water partition coefficient (Wildman–Crippen LogP) is 3.65. The minimum Gasteiger partial charge on any atom is -0.345 e. The number of hydrogen-bond acceptors (Lipinski definition) is 3. The molecule has 5 nitrogen and oxygen atoms in total. The van der Waals surface area contributed by atoms with Gasteiger partial charge in [0.1, 0.15) is 5.82 Å². The van der Waals surface area contributed by atoms with E-state index in [2.05, 4.69) is 15.5 Å². The van der Waals surface area contributed by atoms with E-state index in [1.807, 2.05) is 6.07 Å². The number of nitrogens with zero attached hydrogens (tertiary/aromatic N) is 2. The fourth-order valence-electron chi connectivity index (χ4n) is 2.23. The van der Waals surface area contributed by atoms with Crippen molar-refractivity contribution < 1.29 is 9.18 Å². The zero-order valence-corrected chi connectivity index (χ0v) is 13.9. The van der Waals surface area contributed by atoms with Crippen molar-refractivity contribution in [2.75, 3.05) is 0 Å². The Morgan fingerprint density at radius 2 is 2.08 bits per heavy atom. The van der Waals surface area contributed by atoms with Crippen LogP contribution in [-0.2, 0) is 6.54 Å². The summed E-state index contributed by atoms with van der Waals surface area (Å²) in [4.78, 5) is 12.1. The Bertz CT molecular complexity index is 953. The van der Waals surface area contributed by atoms with Crippen molar-refractivity contribution in [3.63, 3.8) is 0 Å². The van der Waals surface area contributed by atoms with Crippen molar-refractivity contribution in [1.29, 1.82) is 0 Å². The quantitative estimate of drug-likeness (QED) is 0.696. The Morgan fingerprint density at radius 1 is 1.29 bits per heavy atom. The Morgan fingerprint density at radius 3 is 2.83 bits per heavy atom. The summed E-state index contributed by atoms with van der Waals surface area (Å²) in [5.74, 6) is -0.629. The molecule has 0 aliphatic rings. The normalized spacial score (nSPS) is 10.6. The SMILES string of the molecule is O=C(NCc1n[nH]c(=S)n1-c1cccc(Cl)c1)c1ccccc1F. The number of nitrogens with one attached hydrogen (secondary N) is 2. The topological polar surface area (TPSA) is 62.7 Å². The lowest BCUT2D eigenvalue weighted by molar-refractivity contribution is 0.0945. The first-order chi connectivity index (χ1) is 11.6. The Kier molecular flexibility index (Phi) is 4.73. The van der Waals surface area contributed by atoms with Gasteiger partial charge in [-0.05, 0) is 42.5 Å². The zero-order chi connectivity index (χ0) is 17.1. The van der Waals surface area contributed by atoms with E-state index in [4.69, 9.17) is 23.8 Å². The van der Waals surface area contributed by atoms with Crippen LogP contribution in [0.3, 0.4) is 0 Å². The van der Waals surface area contributed by atoms with Gasteiger partial charge in [0.2, 0.25) is 0 Å². The highest BCUT2D eigenvalue weighted by molar-refractivity contribution is 7.71. The molecule has 1 aromatic heterocycles. The van der Waals surface area contributed by atoms with Crippen LogP contribution in [0, 0.1) is 10.6 Å². The highest BCUT2D eigenvalue weighted by Gasteiger charge is 2.13. The number of carbonyl (C=O) groups excluding carboxylic acids is 1. The van der Waals surface area contributed by atoms with Crippen LogP contribution < -0.4 is 5.32 Å². The first-order valence-electron chi connectivity index (χ1n) is 7.01. The molecule has 1 amide bonds. The van der Waals surface area contributed by atoms with Crippen molar-refractivity contribution in [1.82, 2.24) is 20.1 Å². The van der Waals surface area contributed by atoms with Crippen LogP contribution in [0.25, 0.3) is 5.69 Å². The fourth-order valence-corrected chi connectivity index (χ4v) is 2.67. The number of benzene rings is 2. The molecule has 0 unspecified atom stereocenters. The van der Waals surface area contributed by atoms with Gasteiger partial charge in [0, 0.05) is 5.02 Å². The van der Waals surface area contributed by atoms with E-state index in [1.54, 1.807) is 28.8 Å². The monoisotopic (exact) mass is 362 g/mol. The molecule has 0 aliphatic heterocycles. The number of amides is 1. The van der Waals surface area contributed by atoms with Crippen molar-refractivity contribution >= 4 is 29.7 Å². The summed E-state index contributed by atoms with van der Waals surface area (Å²) in [6.07, 6.45) is 0. The summed E-state index contributed by atoms with van der Waals surface area (Å²) >= 11 is 11.2. The predicted molar refractivity (Wildman–Crippen MR) is 91.3 cm³/mol. The molecule has 2 aromatic carbocycles. The summed E-state index contributed by atoms with van der Waals surface area (Å²) in [6.45, 7) is 0.0762. The number of rotatable bonds is 4. The third-order valence-corrected chi connectivity index (χ3v) is 3.84. The van der Waals surface area contributed by atoms with Crippen LogP contribution in [-0.4, -0.2) is 20.7 Å². The molecule has 3 rings (SSSR count). The van der Waals surface area contributed by atoms with Crippen LogP contribution in [0.2, 0.25) is 5.02 Å². The first kappa shape index (κ1) is 16.4. The third-order valence-electron chi connectivity index (χ3n) is 3.33. The highest BCUT2D eigenvalue weighted by Crippen LogP contribution is 2.16. The molecule has 0 saturated heterocycles. The molecule has 3 aromatic rings. The maximum Gasteiger partial charge on any atom is 0.254 e. The van der Waals surface area contributed by atoms with Gasteiger partial charge < -0.3 is 5.32 Å². The lowest BCUT2D eigenvalue weighted by atomic mass is 10.2. The Hall–Kier alpha value is -2.51. The molecule has 0 saturated carbocycles. The minimum absolute atomic E-state index is 0.0269. The second-order valence-corrected chi connectivity index (χ2v) is 5.75. The Balaban J connectivity index is 1.84. The van der Waals surface area contributed by atoms with Crippen molar-refractivity contribution in [3.05, 3.63) is 75.5 Å². The van der Waals surface area contributed by atoms with Gasteiger partial charge in [-0.2, -0.15) is 5.10 Å². The summed E-state index contributed by atoms with van der Waals surface area (Å²) in [6, 6.07) is 12.9. The van der Waals surface area contributed by atoms with E-state index in [0.717, 1.165) is 5.69 Å².